The maximum atomic E-state index is 12.5. The third-order valence-corrected chi connectivity index (χ3v) is 6.79. The van der Waals surface area contributed by atoms with Crippen molar-refractivity contribution < 1.29 is 13.2 Å². The third-order valence-electron chi connectivity index (χ3n) is 4.53. The van der Waals surface area contributed by atoms with Crippen LogP contribution in [0.15, 0.2) is 29.2 Å². The Morgan fingerprint density at radius 2 is 1.89 bits per heavy atom. The summed E-state index contributed by atoms with van der Waals surface area (Å²) in [6.07, 6.45) is 1.93. The van der Waals surface area contributed by atoms with Crippen molar-refractivity contribution in [3.63, 3.8) is 0 Å². The predicted octanol–water partition coefficient (Wildman–Crippen LogP) is 1.18. The number of sulfone groups is 1. The lowest BCUT2D eigenvalue weighted by molar-refractivity contribution is -0.131. The number of benzene rings is 1. The van der Waals surface area contributed by atoms with Crippen molar-refractivity contribution in [2.24, 2.45) is 5.92 Å². The molecule has 2 atom stereocenters. The molecule has 1 saturated carbocycles. The van der Waals surface area contributed by atoms with Gasteiger partial charge in [-0.05, 0) is 24.5 Å². The van der Waals surface area contributed by atoms with Crippen LogP contribution < -0.4 is 0 Å². The minimum absolute atomic E-state index is 0.0242. The molecule has 1 aliphatic carbocycles. The van der Waals surface area contributed by atoms with Gasteiger partial charge in [-0.2, -0.15) is 0 Å². The first kappa shape index (κ1) is 11.5. The highest BCUT2D eigenvalue weighted by Crippen LogP contribution is 2.45. The van der Waals surface area contributed by atoms with Crippen LogP contribution in [0.3, 0.4) is 0 Å². The van der Waals surface area contributed by atoms with Gasteiger partial charge < -0.3 is 4.90 Å². The Bertz CT molecular complexity index is 663. The first-order valence-electron chi connectivity index (χ1n) is 6.70. The van der Waals surface area contributed by atoms with Crippen LogP contribution in [-0.4, -0.2) is 37.6 Å². The van der Waals surface area contributed by atoms with Gasteiger partial charge in [0.2, 0.25) is 5.91 Å². The smallest absolute Gasteiger partial charge is 0.225 e. The molecule has 2 heterocycles. The molecule has 3 aliphatic rings. The first-order chi connectivity index (χ1) is 9.09. The standard InChI is InChI=1S/C14H15NO3S/c16-14(9-5-6-9)15-7-11-10-3-1-2-4-12(10)19(17,18)13(11)8-15/h1-4,9,11,13H,5-8H2/t11-,13-/m1/s1. The van der Waals surface area contributed by atoms with Crippen molar-refractivity contribution in [3.05, 3.63) is 29.8 Å². The molecule has 0 N–H and O–H groups in total. The SMILES string of the molecule is O=C(C1CC1)N1C[C@@H]2c3ccccc3S(=O)(=O)[C@@H]2C1. The number of fused-ring (bicyclic) bond motifs is 3. The van der Waals surface area contributed by atoms with Gasteiger partial charge in [0.25, 0.3) is 0 Å². The van der Waals surface area contributed by atoms with Crippen LogP contribution >= 0.6 is 0 Å². The molecule has 1 aromatic rings. The lowest BCUT2D eigenvalue weighted by Crippen LogP contribution is -2.32. The number of amides is 1. The van der Waals surface area contributed by atoms with E-state index in [0.29, 0.717) is 18.0 Å². The van der Waals surface area contributed by atoms with Crippen LogP contribution in [0.1, 0.15) is 24.3 Å². The fourth-order valence-corrected chi connectivity index (χ4v) is 5.55. The van der Waals surface area contributed by atoms with Crippen molar-refractivity contribution in [2.45, 2.75) is 28.9 Å². The van der Waals surface area contributed by atoms with E-state index in [1.54, 1.807) is 17.0 Å². The molecule has 19 heavy (non-hydrogen) atoms. The number of carbonyl (C=O) groups excluding carboxylic acids is 1. The van der Waals surface area contributed by atoms with Crippen LogP contribution in [0.4, 0.5) is 0 Å². The summed E-state index contributed by atoms with van der Waals surface area (Å²) in [7, 11) is -3.25. The second-order valence-corrected chi connectivity index (χ2v) is 7.88. The summed E-state index contributed by atoms with van der Waals surface area (Å²) in [6.45, 7) is 0.938. The molecule has 100 valence electrons. The average Bonchev–Trinajstić information content (AvgIpc) is 3.11. The molecule has 0 bridgehead atoms. The fraction of sp³-hybridized carbons (Fsp3) is 0.500. The Morgan fingerprint density at radius 3 is 2.63 bits per heavy atom. The molecule has 2 aliphatic heterocycles. The normalized spacial score (nSPS) is 31.1. The molecule has 1 saturated heterocycles. The highest BCUT2D eigenvalue weighted by Gasteiger charge is 2.52. The van der Waals surface area contributed by atoms with Crippen molar-refractivity contribution in [1.29, 1.82) is 0 Å². The van der Waals surface area contributed by atoms with Gasteiger partial charge in [-0.1, -0.05) is 18.2 Å². The van der Waals surface area contributed by atoms with E-state index in [1.165, 1.54) is 0 Å². The minimum atomic E-state index is -3.25. The van der Waals surface area contributed by atoms with E-state index in [0.717, 1.165) is 18.4 Å². The maximum absolute atomic E-state index is 12.5. The zero-order valence-corrected chi connectivity index (χ0v) is 11.3. The number of nitrogens with zero attached hydrogens (tertiary/aromatic N) is 1. The van der Waals surface area contributed by atoms with Crippen LogP contribution in [0.5, 0.6) is 0 Å². The second kappa shape index (κ2) is 3.60. The lowest BCUT2D eigenvalue weighted by atomic mass is 9.99. The van der Waals surface area contributed by atoms with Gasteiger partial charge in [-0.25, -0.2) is 8.42 Å². The third kappa shape index (κ3) is 1.51. The Hall–Kier alpha value is -1.36. The molecular formula is C14H15NO3S. The van der Waals surface area contributed by atoms with Crippen LogP contribution in [0.2, 0.25) is 0 Å². The van der Waals surface area contributed by atoms with E-state index in [1.807, 2.05) is 12.1 Å². The van der Waals surface area contributed by atoms with Crippen molar-refractivity contribution in [1.82, 2.24) is 4.90 Å². The van der Waals surface area contributed by atoms with Crippen molar-refractivity contribution in [2.75, 3.05) is 13.1 Å². The molecule has 1 aromatic carbocycles. The van der Waals surface area contributed by atoms with Gasteiger partial charge in [0.05, 0.1) is 10.1 Å². The van der Waals surface area contributed by atoms with Gasteiger partial charge >= 0.3 is 0 Å². The first-order valence-corrected chi connectivity index (χ1v) is 8.25. The summed E-state index contributed by atoms with van der Waals surface area (Å²) >= 11 is 0. The predicted molar refractivity (Wildman–Crippen MR) is 69.5 cm³/mol. The summed E-state index contributed by atoms with van der Waals surface area (Å²) in [5.41, 5.74) is 0.901. The van der Waals surface area contributed by atoms with Gasteiger partial charge in [0.1, 0.15) is 0 Å². The number of hydrogen-bond acceptors (Lipinski definition) is 3. The minimum Gasteiger partial charge on any atom is -0.340 e. The zero-order chi connectivity index (χ0) is 13.2. The van der Waals surface area contributed by atoms with Crippen LogP contribution in [0, 0.1) is 5.92 Å². The Balaban J connectivity index is 1.72. The Labute approximate surface area is 112 Å². The molecule has 0 spiro atoms. The Kier molecular flexibility index (Phi) is 2.17. The van der Waals surface area contributed by atoms with E-state index < -0.39 is 15.1 Å². The van der Waals surface area contributed by atoms with Gasteiger partial charge in [-0.3, -0.25) is 4.79 Å². The summed E-state index contributed by atoms with van der Waals surface area (Å²) in [4.78, 5) is 14.3. The molecule has 0 aromatic heterocycles. The van der Waals surface area contributed by atoms with Crippen molar-refractivity contribution in [3.8, 4) is 0 Å². The number of hydrogen-bond donors (Lipinski definition) is 0. The van der Waals surface area contributed by atoms with Crippen molar-refractivity contribution >= 4 is 15.7 Å². The average molecular weight is 277 g/mol. The quantitative estimate of drug-likeness (QED) is 0.774. The summed E-state index contributed by atoms with van der Waals surface area (Å²) in [5.74, 6) is 0.294. The molecule has 0 radical (unpaired) electrons. The topological polar surface area (TPSA) is 54.5 Å². The van der Waals surface area contributed by atoms with E-state index >= 15 is 0 Å². The molecule has 2 fully saturated rings. The zero-order valence-electron chi connectivity index (χ0n) is 10.5. The summed E-state index contributed by atoms with van der Waals surface area (Å²) in [5, 5.41) is -0.424. The van der Waals surface area contributed by atoms with Gasteiger partial charge in [-0.15, -0.1) is 0 Å². The van der Waals surface area contributed by atoms with E-state index in [2.05, 4.69) is 0 Å². The van der Waals surface area contributed by atoms with Gasteiger partial charge in [0.15, 0.2) is 9.84 Å². The molecule has 0 unspecified atom stereocenters. The molecular weight excluding hydrogens is 262 g/mol. The van der Waals surface area contributed by atoms with E-state index in [-0.39, 0.29) is 17.7 Å². The second-order valence-electron chi connectivity index (χ2n) is 5.75. The molecule has 5 heteroatoms. The van der Waals surface area contributed by atoms with Gasteiger partial charge in [0, 0.05) is 24.9 Å². The van der Waals surface area contributed by atoms with Crippen LogP contribution in [-0.2, 0) is 14.6 Å². The summed E-state index contributed by atoms with van der Waals surface area (Å²) < 4.78 is 25.0. The summed E-state index contributed by atoms with van der Waals surface area (Å²) in [6, 6.07) is 7.23. The molecule has 4 nitrogen and oxygen atoms in total. The number of rotatable bonds is 1. The Morgan fingerprint density at radius 1 is 1.16 bits per heavy atom. The van der Waals surface area contributed by atoms with E-state index in [9.17, 15) is 13.2 Å². The molecule has 1 amide bonds. The monoisotopic (exact) mass is 277 g/mol. The highest BCUT2D eigenvalue weighted by atomic mass is 32.2. The largest absolute Gasteiger partial charge is 0.340 e. The number of carbonyl (C=O) groups is 1. The fourth-order valence-electron chi connectivity index (χ4n) is 3.36. The van der Waals surface area contributed by atoms with Crippen LogP contribution in [0.25, 0.3) is 0 Å². The molecule has 4 rings (SSSR count). The maximum Gasteiger partial charge on any atom is 0.225 e. The lowest BCUT2D eigenvalue weighted by Gasteiger charge is -2.17. The highest BCUT2D eigenvalue weighted by molar-refractivity contribution is 7.92. The van der Waals surface area contributed by atoms with E-state index in [4.69, 9.17) is 0 Å². The number of likely N-dealkylation sites (tertiary alicyclic amines) is 1.